The molecule has 1 unspecified atom stereocenters. The molecule has 82 valence electrons. The maximum atomic E-state index is 13.2. The molecule has 0 saturated carbocycles. The van der Waals surface area contributed by atoms with Gasteiger partial charge in [-0.15, -0.1) is 0 Å². The van der Waals surface area contributed by atoms with Crippen LogP contribution in [-0.2, 0) is 11.2 Å². The van der Waals surface area contributed by atoms with Crippen molar-refractivity contribution < 1.29 is 18.7 Å². The van der Waals surface area contributed by atoms with Crippen molar-refractivity contribution in [3.05, 3.63) is 33.8 Å². The number of hydrogen-bond acceptors (Lipinski definition) is 2. The number of rotatable bonds is 3. The van der Waals surface area contributed by atoms with E-state index in [0.717, 1.165) is 12.1 Å². The Morgan fingerprint density at radius 3 is 2.60 bits per heavy atom. The Kier molecular flexibility index (Phi) is 3.76. The van der Waals surface area contributed by atoms with Crippen molar-refractivity contribution in [2.75, 3.05) is 0 Å². The highest BCUT2D eigenvalue weighted by Crippen LogP contribution is 2.20. The largest absolute Gasteiger partial charge is 0.480 e. The van der Waals surface area contributed by atoms with Gasteiger partial charge in [0.1, 0.15) is 17.7 Å². The molecule has 1 rings (SSSR count). The lowest BCUT2D eigenvalue weighted by molar-refractivity contribution is -0.138. The summed E-state index contributed by atoms with van der Waals surface area (Å²) < 4.78 is 26.2. The van der Waals surface area contributed by atoms with Gasteiger partial charge in [-0.3, -0.25) is 4.79 Å². The summed E-state index contributed by atoms with van der Waals surface area (Å²) in [5, 5.41) is 8.51. The average Bonchev–Trinajstić information content (AvgIpc) is 2.13. The summed E-state index contributed by atoms with van der Waals surface area (Å²) in [6.45, 7) is 0. The molecule has 3 N–H and O–H groups in total. The highest BCUT2D eigenvalue weighted by Gasteiger charge is 2.16. The molecular formula is C9H8BrF2NO2. The maximum Gasteiger partial charge on any atom is 0.320 e. The fourth-order valence-corrected chi connectivity index (χ4v) is 1.36. The molecule has 0 bridgehead atoms. The quantitative estimate of drug-likeness (QED) is 0.828. The van der Waals surface area contributed by atoms with E-state index >= 15 is 0 Å². The molecule has 6 heteroatoms. The van der Waals surface area contributed by atoms with E-state index in [1.165, 1.54) is 0 Å². The maximum absolute atomic E-state index is 13.2. The number of hydrogen-bond donors (Lipinski definition) is 2. The summed E-state index contributed by atoms with van der Waals surface area (Å²) in [5.74, 6) is -2.58. The Hall–Kier alpha value is -1.01. The summed E-state index contributed by atoms with van der Waals surface area (Å²) >= 11 is 2.81. The Balaban J connectivity index is 2.95. The minimum absolute atomic E-state index is 0.00681. The topological polar surface area (TPSA) is 63.3 Å². The third-order valence-corrected chi connectivity index (χ3v) is 2.45. The summed E-state index contributed by atoms with van der Waals surface area (Å²) in [6.07, 6.45) is -0.245. The number of nitrogens with two attached hydrogens (primary N) is 1. The Bertz CT molecular complexity index is 398. The zero-order valence-corrected chi connectivity index (χ0v) is 9.09. The van der Waals surface area contributed by atoms with Crippen LogP contribution in [0.25, 0.3) is 0 Å². The van der Waals surface area contributed by atoms with Crippen molar-refractivity contribution in [3.63, 3.8) is 0 Å². The van der Waals surface area contributed by atoms with Crippen LogP contribution in [0.5, 0.6) is 0 Å². The second kappa shape index (κ2) is 4.67. The van der Waals surface area contributed by atoms with Gasteiger partial charge >= 0.3 is 5.97 Å². The molecule has 0 spiro atoms. The first-order valence-electron chi connectivity index (χ1n) is 4.03. The van der Waals surface area contributed by atoms with Crippen molar-refractivity contribution in [3.8, 4) is 0 Å². The number of carboxylic acids is 1. The van der Waals surface area contributed by atoms with Crippen molar-refractivity contribution in [1.29, 1.82) is 0 Å². The van der Waals surface area contributed by atoms with E-state index in [0.29, 0.717) is 0 Å². The van der Waals surface area contributed by atoms with Gasteiger partial charge < -0.3 is 10.8 Å². The van der Waals surface area contributed by atoms with Gasteiger partial charge in [-0.2, -0.15) is 0 Å². The normalized spacial score (nSPS) is 12.5. The number of halogens is 3. The minimum Gasteiger partial charge on any atom is -0.480 e. The monoisotopic (exact) mass is 279 g/mol. The van der Waals surface area contributed by atoms with E-state index in [-0.39, 0.29) is 16.5 Å². The van der Waals surface area contributed by atoms with Crippen molar-refractivity contribution in [2.45, 2.75) is 12.5 Å². The Morgan fingerprint density at radius 1 is 1.47 bits per heavy atom. The fourth-order valence-electron chi connectivity index (χ4n) is 1.04. The van der Waals surface area contributed by atoms with Crippen LogP contribution in [0.3, 0.4) is 0 Å². The summed E-state index contributed by atoms with van der Waals surface area (Å²) in [7, 11) is 0. The van der Waals surface area contributed by atoms with Gasteiger partial charge in [-0.25, -0.2) is 8.78 Å². The minimum atomic E-state index is -1.25. The van der Waals surface area contributed by atoms with E-state index in [2.05, 4.69) is 15.9 Å². The fraction of sp³-hybridized carbons (Fsp3) is 0.222. The van der Waals surface area contributed by atoms with Gasteiger partial charge in [0.05, 0.1) is 4.47 Å². The molecule has 0 aliphatic carbocycles. The van der Waals surface area contributed by atoms with Gasteiger partial charge in [-0.05, 0) is 33.6 Å². The zero-order chi connectivity index (χ0) is 11.6. The van der Waals surface area contributed by atoms with Crippen molar-refractivity contribution >= 4 is 21.9 Å². The first-order valence-corrected chi connectivity index (χ1v) is 4.83. The Morgan fingerprint density at radius 2 is 2.07 bits per heavy atom. The van der Waals surface area contributed by atoms with Crippen LogP contribution in [0.2, 0.25) is 0 Å². The van der Waals surface area contributed by atoms with Crippen LogP contribution in [0.4, 0.5) is 8.78 Å². The number of carboxylic acid groups (broad SMARTS) is 1. The van der Waals surface area contributed by atoms with Crippen molar-refractivity contribution in [1.82, 2.24) is 0 Å². The highest BCUT2D eigenvalue weighted by atomic mass is 79.9. The zero-order valence-electron chi connectivity index (χ0n) is 7.51. The van der Waals surface area contributed by atoms with Crippen LogP contribution in [-0.4, -0.2) is 17.1 Å². The smallest absolute Gasteiger partial charge is 0.320 e. The summed E-state index contributed by atoms with van der Waals surface area (Å²) in [5.41, 5.74) is 5.15. The molecule has 1 atom stereocenters. The van der Waals surface area contributed by atoms with E-state index in [4.69, 9.17) is 10.8 Å². The average molecular weight is 280 g/mol. The molecule has 0 aliphatic heterocycles. The number of benzene rings is 1. The van der Waals surface area contributed by atoms with E-state index in [1.807, 2.05) is 0 Å². The molecule has 0 amide bonds. The molecule has 1 aromatic carbocycles. The molecule has 0 radical (unpaired) electrons. The SMILES string of the molecule is NC(Cc1cc(F)c(Br)cc1F)C(=O)O. The molecule has 3 nitrogen and oxygen atoms in total. The number of carbonyl (C=O) groups is 1. The Labute approximate surface area is 93.0 Å². The second-order valence-corrected chi connectivity index (χ2v) is 3.86. The molecule has 0 aromatic heterocycles. The van der Waals surface area contributed by atoms with Gasteiger partial charge in [-0.1, -0.05) is 0 Å². The van der Waals surface area contributed by atoms with Crippen LogP contribution in [0.1, 0.15) is 5.56 Å². The lowest BCUT2D eigenvalue weighted by atomic mass is 10.1. The van der Waals surface area contributed by atoms with Crippen molar-refractivity contribution in [2.24, 2.45) is 5.73 Å². The van der Waals surface area contributed by atoms with Gasteiger partial charge in [0.15, 0.2) is 0 Å². The van der Waals surface area contributed by atoms with E-state index < -0.39 is 23.6 Å². The van der Waals surface area contributed by atoms with Crippen LogP contribution >= 0.6 is 15.9 Å². The van der Waals surface area contributed by atoms with Gasteiger partial charge in [0.25, 0.3) is 0 Å². The first kappa shape index (κ1) is 12.1. The first-order chi connectivity index (χ1) is 6.91. The molecule has 0 saturated heterocycles. The van der Waals surface area contributed by atoms with Gasteiger partial charge in [0, 0.05) is 6.42 Å². The molecule has 0 aliphatic rings. The van der Waals surface area contributed by atoms with Gasteiger partial charge in [0.2, 0.25) is 0 Å². The standard InChI is InChI=1S/C9H8BrF2NO2/c10-5-3-6(11)4(1-7(5)12)2-8(13)9(14)15/h1,3,8H,2,13H2,(H,14,15). The molecule has 0 heterocycles. The van der Waals surface area contributed by atoms with E-state index in [9.17, 15) is 13.6 Å². The molecular weight excluding hydrogens is 272 g/mol. The van der Waals surface area contributed by atoms with Crippen LogP contribution in [0.15, 0.2) is 16.6 Å². The van der Waals surface area contributed by atoms with Crippen LogP contribution < -0.4 is 5.73 Å². The second-order valence-electron chi connectivity index (χ2n) is 3.01. The summed E-state index contributed by atoms with van der Waals surface area (Å²) in [6, 6.07) is 0.640. The lowest BCUT2D eigenvalue weighted by Crippen LogP contribution is -2.32. The summed E-state index contributed by atoms with van der Waals surface area (Å²) in [4.78, 5) is 10.4. The highest BCUT2D eigenvalue weighted by molar-refractivity contribution is 9.10. The molecule has 0 fully saturated rings. The molecule has 1 aromatic rings. The predicted molar refractivity (Wildman–Crippen MR) is 53.4 cm³/mol. The van der Waals surface area contributed by atoms with E-state index in [1.54, 1.807) is 0 Å². The third kappa shape index (κ3) is 2.97. The molecule has 15 heavy (non-hydrogen) atoms. The van der Waals surface area contributed by atoms with Crippen LogP contribution in [0, 0.1) is 11.6 Å². The lowest BCUT2D eigenvalue weighted by Gasteiger charge is -2.08. The predicted octanol–water partition coefficient (Wildman–Crippen LogP) is 1.68. The number of aliphatic carboxylic acids is 1. The third-order valence-electron chi connectivity index (χ3n) is 1.85.